The highest BCUT2D eigenvalue weighted by Crippen LogP contribution is 2.32. The summed E-state index contributed by atoms with van der Waals surface area (Å²) in [6.07, 6.45) is 5.73. The molecule has 0 aromatic heterocycles. The molecule has 4 heteroatoms. The average Bonchev–Trinajstić information content (AvgIpc) is 2.69. The van der Waals surface area contributed by atoms with Gasteiger partial charge in [-0.05, 0) is 37.5 Å². The molecule has 3 atom stereocenters. The molecule has 2 aliphatic rings. The summed E-state index contributed by atoms with van der Waals surface area (Å²) < 4.78 is 5.37. The normalized spacial score (nSPS) is 31.5. The number of nitrogens with one attached hydrogen (secondary N) is 2. The largest absolute Gasteiger partial charge is 0.379 e. The minimum Gasteiger partial charge on any atom is -0.379 e. The van der Waals surface area contributed by atoms with Crippen molar-refractivity contribution in [3.63, 3.8) is 0 Å². The second kappa shape index (κ2) is 6.71. The smallest absolute Gasteiger partial charge is 0.220 e. The number of piperidine rings is 1. The van der Waals surface area contributed by atoms with Crippen molar-refractivity contribution >= 4 is 5.91 Å². The summed E-state index contributed by atoms with van der Waals surface area (Å²) in [5.41, 5.74) is 0. The maximum Gasteiger partial charge on any atom is 0.220 e. The molecule has 2 rings (SSSR count). The van der Waals surface area contributed by atoms with E-state index in [1.807, 2.05) is 0 Å². The first kappa shape index (κ1) is 14.8. The van der Waals surface area contributed by atoms with Gasteiger partial charge in [0.15, 0.2) is 0 Å². The molecule has 1 amide bonds. The van der Waals surface area contributed by atoms with Crippen LogP contribution in [0.2, 0.25) is 0 Å². The molecule has 2 saturated heterocycles. The second-order valence-electron chi connectivity index (χ2n) is 6.50. The first-order chi connectivity index (χ1) is 9.08. The number of amides is 1. The highest BCUT2D eigenvalue weighted by molar-refractivity contribution is 5.76. The Hall–Kier alpha value is -0.610. The van der Waals surface area contributed by atoms with E-state index in [0.29, 0.717) is 36.9 Å². The van der Waals surface area contributed by atoms with Gasteiger partial charge in [0.05, 0.1) is 6.10 Å². The number of ether oxygens (including phenoxy) is 1. The van der Waals surface area contributed by atoms with Crippen LogP contribution in [0.1, 0.15) is 46.0 Å². The van der Waals surface area contributed by atoms with Crippen LogP contribution in [0.25, 0.3) is 0 Å². The number of hydrogen-bond donors (Lipinski definition) is 2. The van der Waals surface area contributed by atoms with E-state index in [9.17, 15) is 4.79 Å². The predicted molar refractivity (Wildman–Crippen MR) is 75.9 cm³/mol. The number of carbonyl (C=O) groups is 1. The highest BCUT2D eigenvalue weighted by atomic mass is 16.5. The molecule has 2 aliphatic heterocycles. The molecule has 0 aliphatic carbocycles. The van der Waals surface area contributed by atoms with E-state index in [0.717, 1.165) is 0 Å². The lowest BCUT2D eigenvalue weighted by Gasteiger charge is -2.29. The van der Waals surface area contributed by atoms with Crippen LogP contribution < -0.4 is 10.6 Å². The standard InChI is InChI=1S/C15H28N2O2/c1-10(2)14(19-3)9-16-15(18)8-11-6-12-4-5-13(7-11)17-12/h10-14,17H,4-9H2,1-3H3,(H,16,18). The maximum absolute atomic E-state index is 12.0. The van der Waals surface area contributed by atoms with Crippen molar-refractivity contribution in [3.05, 3.63) is 0 Å². The molecule has 2 heterocycles. The zero-order valence-corrected chi connectivity index (χ0v) is 12.4. The Labute approximate surface area is 116 Å². The van der Waals surface area contributed by atoms with Crippen molar-refractivity contribution in [2.24, 2.45) is 11.8 Å². The van der Waals surface area contributed by atoms with Gasteiger partial charge in [0.1, 0.15) is 0 Å². The summed E-state index contributed by atoms with van der Waals surface area (Å²) in [4.78, 5) is 12.0. The summed E-state index contributed by atoms with van der Waals surface area (Å²) in [5.74, 6) is 1.19. The zero-order chi connectivity index (χ0) is 13.8. The lowest BCUT2D eigenvalue weighted by atomic mass is 9.89. The van der Waals surface area contributed by atoms with Gasteiger partial charge in [-0.3, -0.25) is 4.79 Å². The fraction of sp³-hybridized carbons (Fsp3) is 0.933. The van der Waals surface area contributed by atoms with Crippen LogP contribution in [0.4, 0.5) is 0 Å². The summed E-state index contributed by atoms with van der Waals surface area (Å²) >= 11 is 0. The molecule has 0 aromatic rings. The number of methoxy groups -OCH3 is 1. The van der Waals surface area contributed by atoms with Gasteiger partial charge in [-0.15, -0.1) is 0 Å². The van der Waals surface area contributed by atoms with E-state index in [1.54, 1.807) is 7.11 Å². The first-order valence-electron chi connectivity index (χ1n) is 7.64. The van der Waals surface area contributed by atoms with Gasteiger partial charge in [-0.25, -0.2) is 0 Å². The van der Waals surface area contributed by atoms with Crippen LogP contribution >= 0.6 is 0 Å². The number of rotatable bonds is 6. The Morgan fingerprint density at radius 3 is 2.47 bits per heavy atom. The van der Waals surface area contributed by atoms with Gasteiger partial charge in [-0.2, -0.15) is 0 Å². The Morgan fingerprint density at radius 1 is 1.32 bits per heavy atom. The monoisotopic (exact) mass is 268 g/mol. The first-order valence-corrected chi connectivity index (χ1v) is 7.64. The number of hydrogen-bond acceptors (Lipinski definition) is 3. The van der Waals surface area contributed by atoms with Gasteiger partial charge in [0.25, 0.3) is 0 Å². The minimum atomic E-state index is 0.119. The average molecular weight is 268 g/mol. The quantitative estimate of drug-likeness (QED) is 0.771. The minimum absolute atomic E-state index is 0.119. The molecule has 0 spiro atoms. The number of carbonyl (C=O) groups excluding carboxylic acids is 1. The third-order valence-corrected chi connectivity index (χ3v) is 4.59. The van der Waals surface area contributed by atoms with Crippen molar-refractivity contribution in [3.8, 4) is 0 Å². The van der Waals surface area contributed by atoms with Crippen LogP contribution in [0.5, 0.6) is 0 Å². The lowest BCUT2D eigenvalue weighted by molar-refractivity contribution is -0.123. The van der Waals surface area contributed by atoms with E-state index < -0.39 is 0 Å². The van der Waals surface area contributed by atoms with Gasteiger partial charge < -0.3 is 15.4 Å². The molecule has 2 bridgehead atoms. The van der Waals surface area contributed by atoms with E-state index in [-0.39, 0.29) is 12.0 Å². The Balaban J connectivity index is 1.69. The van der Waals surface area contributed by atoms with Crippen LogP contribution in [-0.2, 0) is 9.53 Å². The molecular formula is C15H28N2O2. The summed E-state index contributed by atoms with van der Waals surface area (Å²) in [5, 5.41) is 6.64. The van der Waals surface area contributed by atoms with Crippen LogP contribution in [0.15, 0.2) is 0 Å². The van der Waals surface area contributed by atoms with Crippen molar-refractivity contribution in [1.29, 1.82) is 0 Å². The van der Waals surface area contributed by atoms with E-state index >= 15 is 0 Å². The SMILES string of the molecule is COC(CNC(=O)CC1CC2CCC(C1)N2)C(C)C. The van der Waals surface area contributed by atoms with Crippen LogP contribution in [0, 0.1) is 11.8 Å². The van der Waals surface area contributed by atoms with E-state index in [4.69, 9.17) is 4.74 Å². The molecule has 110 valence electrons. The molecule has 3 unspecified atom stereocenters. The zero-order valence-electron chi connectivity index (χ0n) is 12.4. The van der Waals surface area contributed by atoms with Gasteiger partial charge in [0, 0.05) is 32.2 Å². The Kier molecular flexibility index (Phi) is 5.22. The van der Waals surface area contributed by atoms with Gasteiger partial charge >= 0.3 is 0 Å². The lowest BCUT2D eigenvalue weighted by Crippen LogP contribution is -2.41. The summed E-state index contributed by atoms with van der Waals surface area (Å²) in [6.45, 7) is 4.86. The maximum atomic E-state index is 12.0. The molecule has 2 N–H and O–H groups in total. The third kappa shape index (κ3) is 4.18. The van der Waals surface area contributed by atoms with E-state index in [1.165, 1.54) is 25.7 Å². The molecule has 4 nitrogen and oxygen atoms in total. The van der Waals surface area contributed by atoms with E-state index in [2.05, 4.69) is 24.5 Å². The number of fused-ring (bicyclic) bond motifs is 2. The molecule has 19 heavy (non-hydrogen) atoms. The summed E-state index contributed by atoms with van der Waals surface area (Å²) in [7, 11) is 1.71. The molecule has 2 fully saturated rings. The molecule has 0 radical (unpaired) electrons. The predicted octanol–water partition coefficient (Wildman–Crippen LogP) is 1.69. The summed E-state index contributed by atoms with van der Waals surface area (Å²) in [6, 6.07) is 1.33. The highest BCUT2D eigenvalue weighted by Gasteiger charge is 2.34. The van der Waals surface area contributed by atoms with Crippen LogP contribution in [0.3, 0.4) is 0 Å². The topological polar surface area (TPSA) is 50.4 Å². The van der Waals surface area contributed by atoms with Crippen molar-refractivity contribution in [2.45, 2.75) is 64.1 Å². The van der Waals surface area contributed by atoms with Gasteiger partial charge in [-0.1, -0.05) is 13.8 Å². The van der Waals surface area contributed by atoms with Crippen molar-refractivity contribution in [2.75, 3.05) is 13.7 Å². The molecule has 0 saturated carbocycles. The Bertz CT molecular complexity index is 295. The molecular weight excluding hydrogens is 240 g/mol. The fourth-order valence-electron chi connectivity index (χ4n) is 3.48. The van der Waals surface area contributed by atoms with Crippen LogP contribution in [-0.4, -0.2) is 37.7 Å². The van der Waals surface area contributed by atoms with Crippen molar-refractivity contribution in [1.82, 2.24) is 10.6 Å². The molecule has 0 aromatic carbocycles. The third-order valence-electron chi connectivity index (χ3n) is 4.59. The second-order valence-corrected chi connectivity index (χ2v) is 6.50. The van der Waals surface area contributed by atoms with Gasteiger partial charge in [0.2, 0.25) is 5.91 Å². The Morgan fingerprint density at radius 2 is 1.95 bits per heavy atom. The fourth-order valence-corrected chi connectivity index (χ4v) is 3.48. The van der Waals surface area contributed by atoms with Crippen molar-refractivity contribution < 1.29 is 9.53 Å².